The second-order valence-electron chi connectivity index (χ2n) is 5.95. The molecule has 3 rings (SSSR count). The van der Waals surface area contributed by atoms with Crippen LogP contribution in [-0.2, 0) is 16.6 Å². The van der Waals surface area contributed by atoms with Gasteiger partial charge in [-0.05, 0) is 36.8 Å². The van der Waals surface area contributed by atoms with Gasteiger partial charge in [-0.25, -0.2) is 13.2 Å². The second kappa shape index (κ2) is 7.28. The summed E-state index contributed by atoms with van der Waals surface area (Å²) in [4.78, 5) is 14.1. The number of aryl methyl sites for hydroxylation is 1. The highest BCUT2D eigenvalue weighted by molar-refractivity contribution is 7.89. The van der Waals surface area contributed by atoms with Crippen LogP contribution in [-0.4, -0.2) is 49.8 Å². The van der Waals surface area contributed by atoms with E-state index in [0.717, 1.165) is 5.56 Å². The highest BCUT2D eigenvalue weighted by Crippen LogP contribution is 2.18. The molecule has 0 bridgehead atoms. The van der Waals surface area contributed by atoms with Crippen molar-refractivity contribution in [3.05, 3.63) is 54.0 Å². The molecule has 2 heterocycles. The molecule has 1 aliphatic heterocycles. The first-order valence-corrected chi connectivity index (χ1v) is 9.53. The summed E-state index contributed by atoms with van der Waals surface area (Å²) in [5.41, 5.74) is 0.900. The van der Waals surface area contributed by atoms with Crippen LogP contribution in [0.1, 0.15) is 11.3 Å². The van der Waals surface area contributed by atoms with E-state index in [1.165, 1.54) is 4.31 Å². The first-order chi connectivity index (χ1) is 12.0. The molecule has 0 aliphatic carbocycles. The number of rotatable bonds is 4. The molecule has 25 heavy (non-hydrogen) atoms. The van der Waals surface area contributed by atoms with Crippen LogP contribution in [0, 0.1) is 6.92 Å². The number of benzene rings is 1. The lowest BCUT2D eigenvalue weighted by Gasteiger charge is -2.34. The van der Waals surface area contributed by atoms with Gasteiger partial charge in [0, 0.05) is 26.2 Å². The van der Waals surface area contributed by atoms with E-state index in [9.17, 15) is 13.2 Å². The minimum absolute atomic E-state index is 0.219. The Kier molecular flexibility index (Phi) is 5.10. The van der Waals surface area contributed by atoms with Crippen LogP contribution in [0.4, 0.5) is 4.79 Å². The molecule has 1 N–H and O–H groups in total. The largest absolute Gasteiger partial charge is 0.467 e. The van der Waals surface area contributed by atoms with Crippen LogP contribution < -0.4 is 5.32 Å². The number of amides is 2. The minimum atomic E-state index is -3.52. The molecule has 1 fully saturated rings. The Balaban J connectivity index is 1.57. The molecule has 2 aromatic rings. The third-order valence-corrected chi connectivity index (χ3v) is 6.04. The number of piperazine rings is 1. The molecule has 1 saturated heterocycles. The van der Waals surface area contributed by atoms with E-state index in [0.29, 0.717) is 30.3 Å². The van der Waals surface area contributed by atoms with Crippen molar-refractivity contribution in [3.8, 4) is 0 Å². The first-order valence-electron chi connectivity index (χ1n) is 8.09. The number of sulfonamides is 1. The van der Waals surface area contributed by atoms with Crippen LogP contribution in [0.15, 0.2) is 52.0 Å². The molecule has 1 aromatic heterocycles. The highest BCUT2D eigenvalue weighted by atomic mass is 32.2. The fourth-order valence-electron chi connectivity index (χ4n) is 2.74. The molecule has 8 heteroatoms. The van der Waals surface area contributed by atoms with E-state index in [1.54, 1.807) is 41.5 Å². The predicted molar refractivity (Wildman–Crippen MR) is 92.5 cm³/mol. The fraction of sp³-hybridized carbons (Fsp3) is 0.353. The quantitative estimate of drug-likeness (QED) is 0.898. The van der Waals surface area contributed by atoms with Gasteiger partial charge in [0.15, 0.2) is 0 Å². The normalized spacial score (nSPS) is 16.0. The molecule has 1 aliphatic rings. The van der Waals surface area contributed by atoms with Gasteiger partial charge in [0.05, 0.1) is 17.7 Å². The third-order valence-electron chi connectivity index (χ3n) is 4.15. The molecular formula is C17H21N3O4S. The maximum Gasteiger partial charge on any atom is 0.317 e. The average molecular weight is 363 g/mol. The molecule has 1 aromatic carbocycles. The zero-order chi connectivity index (χ0) is 17.9. The van der Waals surface area contributed by atoms with E-state index in [1.807, 2.05) is 13.0 Å². The molecule has 0 saturated carbocycles. The summed E-state index contributed by atoms with van der Waals surface area (Å²) in [6.07, 6.45) is 1.55. The molecule has 0 radical (unpaired) electrons. The van der Waals surface area contributed by atoms with Gasteiger partial charge in [0.1, 0.15) is 5.76 Å². The van der Waals surface area contributed by atoms with Crippen molar-refractivity contribution in [2.45, 2.75) is 18.4 Å². The van der Waals surface area contributed by atoms with Gasteiger partial charge < -0.3 is 14.6 Å². The summed E-state index contributed by atoms with van der Waals surface area (Å²) >= 11 is 0. The van der Waals surface area contributed by atoms with Crippen LogP contribution in [0.2, 0.25) is 0 Å². The SMILES string of the molecule is Cc1cccc(S(=O)(=O)N2CCN(C(=O)NCc3ccco3)CC2)c1. The first kappa shape index (κ1) is 17.5. The van der Waals surface area contributed by atoms with Gasteiger partial charge in [0.25, 0.3) is 0 Å². The van der Waals surface area contributed by atoms with Crippen molar-refractivity contribution < 1.29 is 17.6 Å². The van der Waals surface area contributed by atoms with Crippen molar-refractivity contribution in [2.24, 2.45) is 0 Å². The van der Waals surface area contributed by atoms with Crippen molar-refractivity contribution in [3.63, 3.8) is 0 Å². The van der Waals surface area contributed by atoms with E-state index in [2.05, 4.69) is 5.32 Å². The number of carbonyl (C=O) groups excluding carboxylic acids is 1. The van der Waals surface area contributed by atoms with Gasteiger partial charge in [-0.15, -0.1) is 0 Å². The molecule has 2 amide bonds. The van der Waals surface area contributed by atoms with E-state index < -0.39 is 10.0 Å². The van der Waals surface area contributed by atoms with E-state index >= 15 is 0 Å². The van der Waals surface area contributed by atoms with Crippen LogP contribution >= 0.6 is 0 Å². The molecular weight excluding hydrogens is 342 g/mol. The Morgan fingerprint density at radius 3 is 2.56 bits per heavy atom. The highest BCUT2D eigenvalue weighted by Gasteiger charge is 2.30. The molecule has 0 atom stereocenters. The van der Waals surface area contributed by atoms with Crippen LogP contribution in [0.5, 0.6) is 0 Å². The Bertz CT molecular complexity index is 825. The Hall–Kier alpha value is -2.32. The number of hydrogen-bond acceptors (Lipinski definition) is 4. The Labute approximate surface area is 147 Å². The van der Waals surface area contributed by atoms with E-state index in [4.69, 9.17) is 4.42 Å². The molecule has 134 valence electrons. The van der Waals surface area contributed by atoms with Gasteiger partial charge in [-0.2, -0.15) is 4.31 Å². The summed E-state index contributed by atoms with van der Waals surface area (Å²) in [6, 6.07) is 10.2. The topological polar surface area (TPSA) is 82.9 Å². The molecule has 0 spiro atoms. The minimum Gasteiger partial charge on any atom is -0.467 e. The summed E-state index contributed by atoms with van der Waals surface area (Å²) in [5.74, 6) is 0.675. The van der Waals surface area contributed by atoms with Gasteiger partial charge in [0.2, 0.25) is 10.0 Å². The average Bonchev–Trinajstić information content (AvgIpc) is 3.13. The lowest BCUT2D eigenvalue weighted by Crippen LogP contribution is -2.52. The monoisotopic (exact) mass is 363 g/mol. The maximum atomic E-state index is 12.7. The fourth-order valence-corrected chi connectivity index (χ4v) is 4.27. The Morgan fingerprint density at radius 2 is 1.92 bits per heavy atom. The maximum absolute atomic E-state index is 12.7. The number of nitrogens with zero attached hydrogens (tertiary/aromatic N) is 2. The summed E-state index contributed by atoms with van der Waals surface area (Å²) in [6.45, 7) is 3.45. The number of hydrogen-bond donors (Lipinski definition) is 1. The van der Waals surface area contributed by atoms with Crippen molar-refractivity contribution in [1.29, 1.82) is 0 Å². The van der Waals surface area contributed by atoms with Crippen molar-refractivity contribution in [2.75, 3.05) is 26.2 Å². The van der Waals surface area contributed by atoms with Gasteiger partial charge >= 0.3 is 6.03 Å². The second-order valence-corrected chi connectivity index (χ2v) is 7.88. The van der Waals surface area contributed by atoms with Crippen molar-refractivity contribution in [1.82, 2.24) is 14.5 Å². The van der Waals surface area contributed by atoms with Crippen LogP contribution in [0.3, 0.4) is 0 Å². The Morgan fingerprint density at radius 1 is 1.16 bits per heavy atom. The zero-order valence-corrected chi connectivity index (χ0v) is 14.8. The standard InChI is InChI=1S/C17H21N3O4S/c1-14-4-2-6-16(12-14)25(22,23)20-9-7-19(8-10-20)17(21)18-13-15-5-3-11-24-15/h2-6,11-12H,7-10,13H2,1H3,(H,18,21). The summed E-state index contributed by atoms with van der Waals surface area (Å²) in [5, 5.41) is 2.77. The third kappa shape index (κ3) is 4.02. The smallest absolute Gasteiger partial charge is 0.317 e. The summed E-state index contributed by atoms with van der Waals surface area (Å²) in [7, 11) is -3.52. The zero-order valence-electron chi connectivity index (χ0n) is 14.0. The van der Waals surface area contributed by atoms with Gasteiger partial charge in [-0.1, -0.05) is 12.1 Å². The molecule has 7 nitrogen and oxygen atoms in total. The number of carbonyl (C=O) groups is 1. The lowest BCUT2D eigenvalue weighted by atomic mass is 10.2. The van der Waals surface area contributed by atoms with Crippen molar-refractivity contribution >= 4 is 16.1 Å². The lowest BCUT2D eigenvalue weighted by molar-refractivity contribution is 0.171. The predicted octanol–water partition coefficient (Wildman–Crippen LogP) is 1.80. The van der Waals surface area contributed by atoms with Gasteiger partial charge in [-0.3, -0.25) is 0 Å². The molecule has 0 unspecified atom stereocenters. The number of furan rings is 1. The van der Waals surface area contributed by atoms with Crippen LogP contribution in [0.25, 0.3) is 0 Å². The number of urea groups is 1. The summed E-state index contributed by atoms with van der Waals surface area (Å²) < 4.78 is 32.0. The van der Waals surface area contributed by atoms with E-state index in [-0.39, 0.29) is 19.1 Å². The number of nitrogens with one attached hydrogen (secondary N) is 1.